The van der Waals surface area contributed by atoms with Crippen LogP contribution in [0.4, 0.5) is 11.4 Å². The number of hydrogen-bond donors (Lipinski definition) is 0. The van der Waals surface area contributed by atoms with Crippen LogP contribution in [-0.2, 0) is 14.4 Å². The SMILES string of the molecule is O=C1C(=O)N([C@@H](C(=O)c2ccccc2)[C@@H]2CC(=O)N(c3ccc(Cl)cc3)C2=O)c2ccccc21. The first-order valence-corrected chi connectivity index (χ1v) is 10.9. The van der Waals surface area contributed by atoms with Gasteiger partial charge in [0.1, 0.15) is 6.04 Å². The Bertz CT molecular complexity index is 1350. The number of Topliss-reactive ketones (excluding diaryl/α,β-unsaturated/α-hetero) is 2. The number of para-hydroxylation sites is 1. The number of benzene rings is 3. The van der Waals surface area contributed by atoms with Crippen molar-refractivity contribution in [1.82, 2.24) is 0 Å². The van der Waals surface area contributed by atoms with Gasteiger partial charge in [-0.2, -0.15) is 0 Å². The molecule has 0 aromatic heterocycles. The number of rotatable bonds is 5. The molecular weight excluding hydrogens is 456 g/mol. The molecule has 1 fully saturated rings. The first-order chi connectivity index (χ1) is 16.4. The van der Waals surface area contributed by atoms with E-state index in [0.29, 0.717) is 10.7 Å². The molecule has 3 amide bonds. The van der Waals surface area contributed by atoms with Crippen LogP contribution in [0, 0.1) is 5.92 Å². The van der Waals surface area contributed by atoms with Gasteiger partial charge in [-0.15, -0.1) is 0 Å². The number of ketones is 2. The minimum Gasteiger partial charge on any atom is -0.293 e. The number of fused-ring (bicyclic) bond motifs is 1. The van der Waals surface area contributed by atoms with E-state index < -0.39 is 41.2 Å². The highest BCUT2D eigenvalue weighted by Crippen LogP contribution is 2.38. The molecule has 2 heterocycles. The molecule has 3 aromatic carbocycles. The van der Waals surface area contributed by atoms with Gasteiger partial charge < -0.3 is 0 Å². The lowest BCUT2D eigenvalue weighted by Crippen LogP contribution is -2.51. The largest absolute Gasteiger partial charge is 0.300 e. The van der Waals surface area contributed by atoms with E-state index in [1.54, 1.807) is 60.7 Å². The number of halogens is 1. The first kappa shape index (κ1) is 21.7. The quantitative estimate of drug-likeness (QED) is 0.321. The molecule has 7 nitrogen and oxygen atoms in total. The van der Waals surface area contributed by atoms with Crippen LogP contribution in [0.2, 0.25) is 5.02 Å². The Hall–Kier alpha value is -4.10. The summed E-state index contributed by atoms with van der Waals surface area (Å²) in [6, 6.07) is 19.3. The molecule has 168 valence electrons. The van der Waals surface area contributed by atoms with E-state index in [0.717, 1.165) is 9.80 Å². The zero-order valence-electron chi connectivity index (χ0n) is 17.7. The minimum atomic E-state index is -1.36. The summed E-state index contributed by atoms with van der Waals surface area (Å²) in [6.07, 6.45) is -0.287. The monoisotopic (exact) mass is 472 g/mol. The second-order valence-electron chi connectivity index (χ2n) is 8.05. The molecule has 0 bridgehead atoms. The number of imide groups is 1. The molecule has 34 heavy (non-hydrogen) atoms. The van der Waals surface area contributed by atoms with Crippen molar-refractivity contribution in [2.75, 3.05) is 9.80 Å². The molecule has 0 N–H and O–H groups in total. The number of anilines is 2. The zero-order valence-corrected chi connectivity index (χ0v) is 18.4. The topological polar surface area (TPSA) is 91.8 Å². The number of nitrogens with zero attached hydrogens (tertiary/aromatic N) is 2. The van der Waals surface area contributed by atoms with Crippen molar-refractivity contribution in [2.45, 2.75) is 12.5 Å². The van der Waals surface area contributed by atoms with Crippen molar-refractivity contribution in [1.29, 1.82) is 0 Å². The van der Waals surface area contributed by atoms with Crippen LogP contribution >= 0.6 is 11.6 Å². The van der Waals surface area contributed by atoms with Gasteiger partial charge in [-0.25, -0.2) is 0 Å². The molecule has 3 aromatic rings. The number of carbonyl (C=O) groups excluding carboxylic acids is 5. The smallest absolute Gasteiger partial charge is 0.293 e. The summed E-state index contributed by atoms with van der Waals surface area (Å²) in [7, 11) is 0. The highest BCUT2D eigenvalue weighted by Gasteiger charge is 2.52. The van der Waals surface area contributed by atoms with E-state index in [-0.39, 0.29) is 23.2 Å². The molecule has 2 aliphatic rings. The maximum Gasteiger partial charge on any atom is 0.300 e. The van der Waals surface area contributed by atoms with Gasteiger partial charge in [-0.1, -0.05) is 54.1 Å². The van der Waals surface area contributed by atoms with Crippen molar-refractivity contribution < 1.29 is 24.0 Å². The van der Waals surface area contributed by atoms with Gasteiger partial charge in [0.15, 0.2) is 5.78 Å². The number of amides is 3. The van der Waals surface area contributed by atoms with E-state index in [1.165, 1.54) is 18.2 Å². The van der Waals surface area contributed by atoms with Crippen molar-refractivity contribution in [2.24, 2.45) is 5.92 Å². The summed E-state index contributed by atoms with van der Waals surface area (Å²) in [5.74, 6) is -4.48. The summed E-state index contributed by atoms with van der Waals surface area (Å²) >= 11 is 5.93. The Labute approximate surface area is 199 Å². The summed E-state index contributed by atoms with van der Waals surface area (Å²) in [4.78, 5) is 68.0. The molecule has 1 saturated heterocycles. The fourth-order valence-corrected chi connectivity index (χ4v) is 4.63. The minimum absolute atomic E-state index is 0.157. The van der Waals surface area contributed by atoms with E-state index in [4.69, 9.17) is 11.6 Å². The lowest BCUT2D eigenvalue weighted by atomic mass is 9.89. The molecule has 2 atom stereocenters. The van der Waals surface area contributed by atoms with Gasteiger partial charge in [0.05, 0.1) is 22.9 Å². The van der Waals surface area contributed by atoms with E-state index in [1.807, 2.05) is 0 Å². The second kappa shape index (κ2) is 8.35. The fourth-order valence-electron chi connectivity index (χ4n) is 4.50. The van der Waals surface area contributed by atoms with Crippen LogP contribution in [0.1, 0.15) is 27.1 Å². The van der Waals surface area contributed by atoms with Crippen LogP contribution in [0.25, 0.3) is 0 Å². The van der Waals surface area contributed by atoms with Crippen molar-refractivity contribution in [3.63, 3.8) is 0 Å². The molecule has 2 aliphatic heterocycles. The highest BCUT2D eigenvalue weighted by molar-refractivity contribution is 6.53. The third kappa shape index (κ3) is 3.41. The van der Waals surface area contributed by atoms with Crippen LogP contribution in [0.5, 0.6) is 0 Å². The zero-order chi connectivity index (χ0) is 24.0. The lowest BCUT2D eigenvalue weighted by Gasteiger charge is -2.30. The molecule has 0 radical (unpaired) electrons. The number of hydrogen-bond acceptors (Lipinski definition) is 5. The summed E-state index contributed by atoms with van der Waals surface area (Å²) in [6.45, 7) is 0. The summed E-state index contributed by atoms with van der Waals surface area (Å²) < 4.78 is 0. The Kier molecular flexibility index (Phi) is 5.34. The van der Waals surface area contributed by atoms with Gasteiger partial charge in [0, 0.05) is 17.0 Å². The van der Waals surface area contributed by atoms with Crippen LogP contribution < -0.4 is 9.80 Å². The first-order valence-electron chi connectivity index (χ1n) is 10.6. The van der Waals surface area contributed by atoms with E-state index >= 15 is 0 Å². The van der Waals surface area contributed by atoms with Crippen LogP contribution in [-0.4, -0.2) is 35.3 Å². The normalized spacial score (nSPS) is 18.4. The van der Waals surface area contributed by atoms with Gasteiger partial charge >= 0.3 is 0 Å². The number of carbonyl (C=O) groups is 5. The predicted molar refractivity (Wildman–Crippen MR) is 125 cm³/mol. The van der Waals surface area contributed by atoms with Crippen molar-refractivity contribution in [3.8, 4) is 0 Å². The van der Waals surface area contributed by atoms with Crippen molar-refractivity contribution >= 4 is 52.3 Å². The maximum atomic E-state index is 13.7. The third-order valence-corrected chi connectivity index (χ3v) is 6.33. The lowest BCUT2D eigenvalue weighted by molar-refractivity contribution is -0.122. The standard InChI is InChI=1S/C26H17ClN2O5/c27-16-10-12-17(13-11-16)28-21(30)14-19(25(28)33)22(23(31)15-6-2-1-3-7-15)29-20-9-5-4-8-18(20)24(32)26(29)34/h1-13,19,22H,14H2/t19-,22+/m0/s1. The Morgan fingerprint density at radius 3 is 2.21 bits per heavy atom. The van der Waals surface area contributed by atoms with Crippen molar-refractivity contribution in [3.05, 3.63) is 95.0 Å². The van der Waals surface area contributed by atoms with Gasteiger partial charge in [-0.05, 0) is 36.4 Å². The second-order valence-corrected chi connectivity index (χ2v) is 8.49. The molecule has 5 rings (SSSR count). The van der Waals surface area contributed by atoms with Crippen LogP contribution in [0.3, 0.4) is 0 Å². The molecular formula is C26H17ClN2O5. The van der Waals surface area contributed by atoms with Gasteiger partial charge in [-0.3, -0.25) is 33.8 Å². The fraction of sp³-hybridized carbons (Fsp3) is 0.115. The molecule has 8 heteroatoms. The van der Waals surface area contributed by atoms with Gasteiger partial charge in [0.25, 0.3) is 11.7 Å². The Balaban J connectivity index is 1.61. The average molecular weight is 473 g/mol. The van der Waals surface area contributed by atoms with Crippen LogP contribution in [0.15, 0.2) is 78.9 Å². The predicted octanol–water partition coefficient (Wildman–Crippen LogP) is 3.70. The maximum absolute atomic E-state index is 13.7. The average Bonchev–Trinajstić information content (AvgIpc) is 3.28. The third-order valence-electron chi connectivity index (χ3n) is 6.07. The Morgan fingerprint density at radius 1 is 0.853 bits per heavy atom. The van der Waals surface area contributed by atoms with E-state index in [2.05, 4.69) is 0 Å². The molecule has 0 spiro atoms. The van der Waals surface area contributed by atoms with Gasteiger partial charge in [0.2, 0.25) is 11.8 Å². The molecule has 0 aliphatic carbocycles. The molecule has 0 unspecified atom stereocenters. The summed E-state index contributed by atoms with van der Waals surface area (Å²) in [5, 5.41) is 0.439. The highest BCUT2D eigenvalue weighted by atomic mass is 35.5. The van der Waals surface area contributed by atoms with E-state index in [9.17, 15) is 24.0 Å². The summed E-state index contributed by atoms with van der Waals surface area (Å²) in [5.41, 5.74) is 0.987. The molecule has 0 saturated carbocycles. The Morgan fingerprint density at radius 2 is 1.50 bits per heavy atom.